The van der Waals surface area contributed by atoms with E-state index in [-0.39, 0.29) is 0 Å². The van der Waals surface area contributed by atoms with Gasteiger partial charge in [0.1, 0.15) is 0 Å². The first-order chi connectivity index (χ1) is 8.22. The molecule has 0 saturated heterocycles. The minimum Gasteiger partial charge on any atom is -0.370 e. The lowest BCUT2D eigenvalue weighted by Crippen LogP contribution is -2.00. The normalized spacial score (nSPS) is 8.88. The molecule has 2 rings (SSSR count). The van der Waals surface area contributed by atoms with Crippen LogP contribution in [0.15, 0.2) is 12.4 Å². The molecule has 4 nitrogen and oxygen atoms in total. The van der Waals surface area contributed by atoms with Crippen molar-refractivity contribution in [3.05, 3.63) is 23.8 Å². The summed E-state index contributed by atoms with van der Waals surface area (Å²) in [6, 6.07) is 0. The molecule has 2 aromatic rings. The third kappa shape index (κ3) is 3.44. The third-order valence-corrected chi connectivity index (χ3v) is 2.03. The number of rotatable bonds is 1. The number of nitrogens with one attached hydrogen (secondary N) is 1. The van der Waals surface area contributed by atoms with Crippen LogP contribution in [-0.2, 0) is 0 Å². The second-order valence-electron chi connectivity index (χ2n) is 3.07. The number of aromatic nitrogens is 3. The van der Waals surface area contributed by atoms with Crippen LogP contribution in [-0.4, -0.2) is 21.4 Å². The van der Waals surface area contributed by atoms with Crippen molar-refractivity contribution in [2.75, 3.05) is 12.4 Å². The summed E-state index contributed by atoms with van der Waals surface area (Å²) in [5.74, 6) is 0.827. The molecule has 0 amide bonds. The van der Waals surface area contributed by atoms with Gasteiger partial charge in [0, 0.05) is 25.1 Å². The van der Waals surface area contributed by atoms with Crippen molar-refractivity contribution in [2.24, 2.45) is 0 Å². The van der Waals surface area contributed by atoms with Crippen LogP contribution < -0.4 is 5.32 Å². The van der Waals surface area contributed by atoms with E-state index in [1.165, 1.54) is 0 Å². The summed E-state index contributed by atoms with van der Waals surface area (Å²) in [6.07, 6.45) is 3.83. The first-order valence-corrected chi connectivity index (χ1v) is 6.21. The average Bonchev–Trinajstić information content (AvgIpc) is 2.75. The fraction of sp³-hybridized carbons (Fsp3) is 0.538. The van der Waals surface area contributed by atoms with Crippen LogP contribution in [0.2, 0.25) is 0 Å². The van der Waals surface area contributed by atoms with Gasteiger partial charge in [-0.15, -0.1) is 0 Å². The summed E-state index contributed by atoms with van der Waals surface area (Å²) < 4.78 is 2.04. The minimum atomic E-state index is 0.827. The number of nitrogens with zero attached hydrogens (tertiary/aromatic N) is 3. The summed E-state index contributed by atoms with van der Waals surface area (Å²) in [7, 11) is 1.85. The van der Waals surface area contributed by atoms with Crippen LogP contribution in [0.4, 0.5) is 5.82 Å². The van der Waals surface area contributed by atoms with E-state index in [2.05, 4.69) is 15.3 Å². The summed E-state index contributed by atoms with van der Waals surface area (Å²) in [6.45, 7) is 12.0. The van der Waals surface area contributed by atoms with Gasteiger partial charge in [0.15, 0.2) is 11.5 Å². The zero-order valence-electron chi connectivity index (χ0n) is 12.0. The van der Waals surface area contributed by atoms with Crippen molar-refractivity contribution in [1.82, 2.24) is 14.4 Å². The minimum absolute atomic E-state index is 0.827. The highest BCUT2D eigenvalue weighted by Crippen LogP contribution is 2.14. The molecule has 0 atom stereocenters. The quantitative estimate of drug-likeness (QED) is 0.824. The summed E-state index contributed by atoms with van der Waals surface area (Å²) in [5.41, 5.74) is 2.99. The second-order valence-corrected chi connectivity index (χ2v) is 3.07. The van der Waals surface area contributed by atoms with Crippen LogP contribution in [0, 0.1) is 13.8 Å². The molecule has 0 bridgehead atoms. The van der Waals surface area contributed by atoms with Gasteiger partial charge in [0.2, 0.25) is 0 Å². The van der Waals surface area contributed by atoms with E-state index in [4.69, 9.17) is 0 Å². The lowest BCUT2D eigenvalue weighted by atomic mass is 10.4. The molecular formula is C13H24N4. The fourth-order valence-corrected chi connectivity index (χ4v) is 1.39. The molecular weight excluding hydrogens is 212 g/mol. The van der Waals surface area contributed by atoms with E-state index in [9.17, 15) is 0 Å². The molecule has 0 aliphatic carbocycles. The highest BCUT2D eigenvalue weighted by atomic mass is 15.1. The Balaban J connectivity index is 0.000000581. The Morgan fingerprint density at radius 3 is 2.24 bits per heavy atom. The van der Waals surface area contributed by atoms with Gasteiger partial charge < -0.3 is 5.32 Å². The standard InChI is InChI=1S/C9H12N4.2C2H6/c1-6-5-13-7(2)4-11-9(13)8(10-3)12-6;2*1-2/h4-5H,1-3H3,(H,10,12);2*1-2H3. The monoisotopic (exact) mass is 236 g/mol. The molecule has 2 heterocycles. The molecule has 0 saturated carbocycles. The van der Waals surface area contributed by atoms with E-state index < -0.39 is 0 Å². The molecule has 0 aliphatic heterocycles. The summed E-state index contributed by atoms with van der Waals surface area (Å²) in [4.78, 5) is 8.61. The molecule has 4 heteroatoms. The van der Waals surface area contributed by atoms with Crippen LogP contribution in [0.5, 0.6) is 0 Å². The van der Waals surface area contributed by atoms with Crippen molar-refractivity contribution in [2.45, 2.75) is 41.5 Å². The first-order valence-electron chi connectivity index (χ1n) is 6.21. The number of hydrogen-bond acceptors (Lipinski definition) is 3. The number of fused-ring (bicyclic) bond motifs is 1. The summed E-state index contributed by atoms with van der Waals surface area (Å²) in [5, 5.41) is 3.03. The highest BCUT2D eigenvalue weighted by Gasteiger charge is 2.05. The zero-order valence-corrected chi connectivity index (χ0v) is 12.0. The predicted molar refractivity (Wildman–Crippen MR) is 74.7 cm³/mol. The predicted octanol–water partition coefficient (Wildman–Crippen LogP) is 3.44. The Kier molecular flexibility index (Phi) is 6.94. The molecule has 0 aliphatic rings. The van der Waals surface area contributed by atoms with Gasteiger partial charge in [-0.1, -0.05) is 27.7 Å². The van der Waals surface area contributed by atoms with E-state index in [0.717, 1.165) is 22.9 Å². The van der Waals surface area contributed by atoms with Crippen LogP contribution in [0.1, 0.15) is 39.1 Å². The number of aryl methyl sites for hydroxylation is 2. The average molecular weight is 236 g/mol. The molecule has 0 fully saturated rings. The molecule has 0 unspecified atom stereocenters. The van der Waals surface area contributed by atoms with Gasteiger partial charge in [-0.25, -0.2) is 9.97 Å². The van der Waals surface area contributed by atoms with E-state index >= 15 is 0 Å². The molecule has 0 spiro atoms. The van der Waals surface area contributed by atoms with Crippen LogP contribution in [0.25, 0.3) is 5.65 Å². The molecule has 96 valence electrons. The third-order valence-electron chi connectivity index (χ3n) is 2.03. The SMILES string of the molecule is CC.CC.CNc1nc(C)cn2c(C)cnc12. The van der Waals surface area contributed by atoms with Crippen LogP contribution in [0.3, 0.4) is 0 Å². The van der Waals surface area contributed by atoms with E-state index in [1.54, 1.807) is 0 Å². The van der Waals surface area contributed by atoms with Crippen molar-refractivity contribution in [3.8, 4) is 0 Å². The van der Waals surface area contributed by atoms with Gasteiger partial charge in [-0.05, 0) is 13.8 Å². The van der Waals surface area contributed by atoms with Gasteiger partial charge >= 0.3 is 0 Å². The lowest BCUT2D eigenvalue weighted by Gasteiger charge is -2.04. The first kappa shape index (κ1) is 15.4. The Hall–Kier alpha value is -1.58. The van der Waals surface area contributed by atoms with Gasteiger partial charge in [-0.3, -0.25) is 4.40 Å². The maximum Gasteiger partial charge on any atom is 0.180 e. The molecule has 17 heavy (non-hydrogen) atoms. The van der Waals surface area contributed by atoms with E-state index in [1.807, 2.05) is 65.4 Å². The van der Waals surface area contributed by atoms with Gasteiger partial charge in [0.05, 0.1) is 5.69 Å². The highest BCUT2D eigenvalue weighted by molar-refractivity contribution is 5.63. The fourth-order valence-electron chi connectivity index (χ4n) is 1.39. The van der Waals surface area contributed by atoms with Crippen molar-refractivity contribution < 1.29 is 0 Å². The van der Waals surface area contributed by atoms with Crippen molar-refractivity contribution >= 4 is 11.5 Å². The number of anilines is 1. The van der Waals surface area contributed by atoms with Crippen molar-refractivity contribution in [3.63, 3.8) is 0 Å². The topological polar surface area (TPSA) is 42.2 Å². The Bertz CT molecular complexity index is 446. The molecule has 0 aromatic carbocycles. The summed E-state index contributed by atoms with van der Waals surface area (Å²) >= 11 is 0. The maximum absolute atomic E-state index is 4.34. The smallest absolute Gasteiger partial charge is 0.180 e. The molecule has 1 N–H and O–H groups in total. The largest absolute Gasteiger partial charge is 0.370 e. The lowest BCUT2D eigenvalue weighted by molar-refractivity contribution is 1.03. The van der Waals surface area contributed by atoms with Crippen molar-refractivity contribution in [1.29, 1.82) is 0 Å². The second kappa shape index (κ2) is 7.65. The van der Waals surface area contributed by atoms with Crippen LogP contribution >= 0.6 is 0 Å². The zero-order chi connectivity index (χ0) is 13.4. The maximum atomic E-state index is 4.34. The Morgan fingerprint density at radius 2 is 1.71 bits per heavy atom. The Labute approximate surface area is 104 Å². The number of hydrogen-bond donors (Lipinski definition) is 1. The Morgan fingerprint density at radius 1 is 1.12 bits per heavy atom. The number of imidazole rings is 1. The van der Waals surface area contributed by atoms with Gasteiger partial charge in [-0.2, -0.15) is 0 Å². The molecule has 2 aromatic heterocycles. The van der Waals surface area contributed by atoms with E-state index in [0.29, 0.717) is 0 Å². The molecule has 0 radical (unpaired) electrons. The van der Waals surface area contributed by atoms with Gasteiger partial charge in [0.25, 0.3) is 0 Å².